The molecular formula is C15H16ClN3O2. The van der Waals surface area contributed by atoms with Crippen LogP contribution >= 0.6 is 11.6 Å². The summed E-state index contributed by atoms with van der Waals surface area (Å²) in [6, 6.07) is 12.4. The van der Waals surface area contributed by atoms with Gasteiger partial charge in [-0.05, 0) is 23.8 Å². The lowest BCUT2D eigenvalue weighted by Crippen LogP contribution is -2.12. The molecule has 6 heteroatoms. The van der Waals surface area contributed by atoms with Crippen LogP contribution < -0.4 is 10.2 Å². The molecule has 2 aromatic rings. The topological polar surface area (TPSA) is 58.4 Å². The Balaban J connectivity index is 2.15. The Kier molecular flexibility index (Phi) is 4.65. The molecule has 1 N–H and O–H groups in total. The van der Waals surface area contributed by atoms with Crippen molar-refractivity contribution in [2.45, 2.75) is 6.54 Å². The highest BCUT2D eigenvalue weighted by Crippen LogP contribution is 2.26. The number of halogens is 1. The number of rotatable bonds is 5. The van der Waals surface area contributed by atoms with Crippen molar-refractivity contribution in [3.63, 3.8) is 0 Å². The molecule has 0 amide bonds. The minimum atomic E-state index is -0.454. The Morgan fingerprint density at radius 3 is 2.57 bits per heavy atom. The number of hydrogen-bond acceptors (Lipinski definition) is 4. The fourth-order valence-corrected chi connectivity index (χ4v) is 2.24. The van der Waals surface area contributed by atoms with Crippen molar-refractivity contribution in [1.29, 1.82) is 0 Å². The first-order valence-corrected chi connectivity index (χ1v) is 6.80. The number of nitro benzene ring substituents is 1. The van der Waals surface area contributed by atoms with Crippen LogP contribution in [-0.4, -0.2) is 19.0 Å². The minimum Gasteiger partial charge on any atom is -0.379 e. The zero-order valence-corrected chi connectivity index (χ0v) is 12.6. The highest BCUT2D eigenvalue weighted by Gasteiger charge is 2.10. The molecule has 110 valence electrons. The Morgan fingerprint density at radius 2 is 1.95 bits per heavy atom. The van der Waals surface area contributed by atoms with Crippen LogP contribution in [0.4, 0.5) is 17.1 Å². The van der Waals surface area contributed by atoms with Crippen LogP contribution in [0.3, 0.4) is 0 Å². The van der Waals surface area contributed by atoms with Gasteiger partial charge in [0.15, 0.2) is 0 Å². The molecule has 0 spiro atoms. The van der Waals surface area contributed by atoms with Gasteiger partial charge in [-0.2, -0.15) is 0 Å². The average Bonchev–Trinajstić information content (AvgIpc) is 2.46. The molecule has 0 atom stereocenters. The second kappa shape index (κ2) is 6.45. The van der Waals surface area contributed by atoms with Gasteiger partial charge >= 0.3 is 0 Å². The maximum atomic E-state index is 10.7. The summed E-state index contributed by atoms with van der Waals surface area (Å²) in [7, 11) is 3.94. The number of anilines is 2. The molecule has 0 aliphatic rings. The van der Waals surface area contributed by atoms with E-state index in [9.17, 15) is 10.1 Å². The highest BCUT2D eigenvalue weighted by molar-refractivity contribution is 6.31. The van der Waals surface area contributed by atoms with Gasteiger partial charge in [0.1, 0.15) is 0 Å². The van der Waals surface area contributed by atoms with Crippen molar-refractivity contribution >= 4 is 28.7 Å². The molecule has 0 radical (unpaired) electrons. The smallest absolute Gasteiger partial charge is 0.270 e. The van der Waals surface area contributed by atoms with E-state index in [4.69, 9.17) is 11.6 Å². The van der Waals surface area contributed by atoms with Crippen molar-refractivity contribution < 1.29 is 4.92 Å². The van der Waals surface area contributed by atoms with E-state index >= 15 is 0 Å². The summed E-state index contributed by atoms with van der Waals surface area (Å²) < 4.78 is 0. The maximum Gasteiger partial charge on any atom is 0.270 e. The summed E-state index contributed by atoms with van der Waals surface area (Å²) in [4.78, 5) is 12.2. The Labute approximate surface area is 128 Å². The van der Waals surface area contributed by atoms with Crippen LogP contribution in [0, 0.1) is 10.1 Å². The normalized spacial score (nSPS) is 10.2. The molecule has 0 bridgehead atoms. The molecule has 5 nitrogen and oxygen atoms in total. The number of para-hydroxylation sites is 2. The summed E-state index contributed by atoms with van der Waals surface area (Å²) in [6.07, 6.45) is 0. The van der Waals surface area contributed by atoms with E-state index in [0.717, 1.165) is 16.9 Å². The number of nitro groups is 1. The largest absolute Gasteiger partial charge is 0.379 e. The second-order valence-corrected chi connectivity index (χ2v) is 5.21. The third kappa shape index (κ3) is 3.64. The van der Waals surface area contributed by atoms with Crippen LogP contribution in [-0.2, 0) is 6.54 Å². The Bertz CT molecular complexity index is 659. The van der Waals surface area contributed by atoms with Crippen LogP contribution in [0.2, 0.25) is 5.02 Å². The molecule has 0 saturated heterocycles. The van der Waals surface area contributed by atoms with E-state index < -0.39 is 4.92 Å². The highest BCUT2D eigenvalue weighted by atomic mass is 35.5. The molecule has 0 saturated carbocycles. The quantitative estimate of drug-likeness (QED) is 0.672. The van der Waals surface area contributed by atoms with Gasteiger partial charge in [0.2, 0.25) is 0 Å². The van der Waals surface area contributed by atoms with Crippen molar-refractivity contribution in [1.82, 2.24) is 0 Å². The monoisotopic (exact) mass is 305 g/mol. The number of non-ortho nitro benzene ring substituents is 1. The zero-order chi connectivity index (χ0) is 15.4. The van der Waals surface area contributed by atoms with Gasteiger partial charge in [0, 0.05) is 32.8 Å². The Hall–Kier alpha value is -2.27. The SMILES string of the molecule is CN(C)c1ccccc1NCc1ccc([N+](=O)[O-])cc1Cl. The van der Waals surface area contributed by atoms with Crippen LogP contribution in [0.25, 0.3) is 0 Å². The van der Waals surface area contributed by atoms with E-state index in [-0.39, 0.29) is 5.69 Å². The molecule has 2 aromatic carbocycles. The van der Waals surface area contributed by atoms with Gasteiger partial charge in [0.05, 0.1) is 21.3 Å². The predicted octanol–water partition coefficient (Wildman–Crippen LogP) is 3.93. The van der Waals surface area contributed by atoms with Crippen molar-refractivity contribution in [3.05, 3.63) is 63.2 Å². The van der Waals surface area contributed by atoms with Gasteiger partial charge < -0.3 is 10.2 Å². The third-order valence-electron chi connectivity index (χ3n) is 3.10. The van der Waals surface area contributed by atoms with Gasteiger partial charge in [-0.25, -0.2) is 0 Å². The van der Waals surface area contributed by atoms with E-state index in [1.807, 2.05) is 43.3 Å². The lowest BCUT2D eigenvalue weighted by atomic mass is 10.2. The number of hydrogen-bond donors (Lipinski definition) is 1. The summed E-state index contributed by atoms with van der Waals surface area (Å²) in [5.74, 6) is 0. The van der Waals surface area contributed by atoms with Crippen molar-refractivity contribution in [2.75, 3.05) is 24.3 Å². The summed E-state index contributed by atoms with van der Waals surface area (Å²) in [6.45, 7) is 0.502. The van der Waals surface area contributed by atoms with Crippen molar-refractivity contribution in [3.8, 4) is 0 Å². The fraction of sp³-hybridized carbons (Fsp3) is 0.200. The molecule has 0 aliphatic carbocycles. The first kappa shape index (κ1) is 15.1. The van der Waals surface area contributed by atoms with Crippen LogP contribution in [0.1, 0.15) is 5.56 Å². The van der Waals surface area contributed by atoms with Crippen LogP contribution in [0.5, 0.6) is 0 Å². The summed E-state index contributed by atoms with van der Waals surface area (Å²) in [5, 5.41) is 14.4. The first-order chi connectivity index (χ1) is 9.99. The molecule has 0 unspecified atom stereocenters. The molecular weight excluding hydrogens is 290 g/mol. The second-order valence-electron chi connectivity index (χ2n) is 4.80. The number of nitrogens with zero attached hydrogens (tertiary/aromatic N) is 2. The summed E-state index contributed by atoms with van der Waals surface area (Å²) in [5.41, 5.74) is 2.86. The van der Waals surface area contributed by atoms with Gasteiger partial charge in [-0.1, -0.05) is 23.7 Å². The van der Waals surface area contributed by atoms with Crippen LogP contribution in [0.15, 0.2) is 42.5 Å². The zero-order valence-electron chi connectivity index (χ0n) is 11.8. The van der Waals surface area contributed by atoms with Crippen molar-refractivity contribution in [2.24, 2.45) is 0 Å². The number of nitrogens with one attached hydrogen (secondary N) is 1. The van der Waals surface area contributed by atoms with Gasteiger partial charge in [0.25, 0.3) is 5.69 Å². The van der Waals surface area contributed by atoms with Gasteiger partial charge in [-0.15, -0.1) is 0 Å². The molecule has 2 rings (SSSR count). The van der Waals surface area contributed by atoms with E-state index in [0.29, 0.717) is 11.6 Å². The first-order valence-electron chi connectivity index (χ1n) is 6.42. The lowest BCUT2D eigenvalue weighted by molar-refractivity contribution is -0.384. The standard InChI is InChI=1S/C15H16ClN3O2/c1-18(2)15-6-4-3-5-14(15)17-10-11-7-8-12(19(20)21)9-13(11)16/h3-9,17H,10H2,1-2H3. The fourth-order valence-electron chi connectivity index (χ4n) is 2.00. The third-order valence-corrected chi connectivity index (χ3v) is 3.45. The molecule has 0 heterocycles. The number of benzene rings is 2. The Morgan fingerprint density at radius 1 is 1.24 bits per heavy atom. The predicted molar refractivity (Wildman–Crippen MR) is 86.2 cm³/mol. The molecule has 0 aromatic heterocycles. The average molecular weight is 306 g/mol. The molecule has 0 aliphatic heterocycles. The van der Waals surface area contributed by atoms with E-state index in [1.54, 1.807) is 6.07 Å². The molecule has 21 heavy (non-hydrogen) atoms. The van der Waals surface area contributed by atoms with E-state index in [1.165, 1.54) is 12.1 Å². The van der Waals surface area contributed by atoms with E-state index in [2.05, 4.69) is 5.32 Å². The summed E-state index contributed by atoms with van der Waals surface area (Å²) >= 11 is 6.09. The molecule has 0 fully saturated rings. The maximum absolute atomic E-state index is 10.7. The van der Waals surface area contributed by atoms with Gasteiger partial charge in [-0.3, -0.25) is 10.1 Å². The lowest BCUT2D eigenvalue weighted by Gasteiger charge is -2.18. The minimum absolute atomic E-state index is 0.00237.